The van der Waals surface area contributed by atoms with Gasteiger partial charge in [0.25, 0.3) is 0 Å². The summed E-state index contributed by atoms with van der Waals surface area (Å²) in [4.78, 5) is 12.0. The first-order chi connectivity index (χ1) is 11.1. The number of amides is 1. The van der Waals surface area contributed by atoms with Crippen LogP contribution in [0, 0.1) is 5.92 Å². The molecule has 6 heteroatoms. The zero-order valence-corrected chi connectivity index (χ0v) is 12.8. The molecule has 0 saturated heterocycles. The summed E-state index contributed by atoms with van der Waals surface area (Å²) in [6.45, 7) is -2.86. The summed E-state index contributed by atoms with van der Waals surface area (Å²) in [5.41, 5.74) is 0.408. The van der Waals surface area contributed by atoms with E-state index in [2.05, 4.69) is 10.1 Å². The van der Waals surface area contributed by atoms with E-state index in [1.165, 1.54) is 18.2 Å². The maximum atomic E-state index is 12.3. The average Bonchev–Trinajstić information content (AvgIpc) is 2.54. The minimum absolute atomic E-state index is 0.0254. The molecule has 0 spiro atoms. The molecule has 2 atom stereocenters. The summed E-state index contributed by atoms with van der Waals surface area (Å²) in [6.07, 6.45) is 6.58. The number of aliphatic hydroxyl groups is 1. The molecule has 1 aliphatic rings. The van der Waals surface area contributed by atoms with E-state index >= 15 is 0 Å². The summed E-state index contributed by atoms with van der Waals surface area (Å²) >= 11 is 0. The van der Waals surface area contributed by atoms with Crippen LogP contribution in [0.2, 0.25) is 0 Å². The molecule has 0 aromatic heterocycles. The Hall–Kier alpha value is -1.95. The number of nitrogens with one attached hydrogen (secondary N) is 1. The van der Waals surface area contributed by atoms with Crippen molar-refractivity contribution in [2.45, 2.75) is 38.3 Å². The highest BCUT2D eigenvalue weighted by Gasteiger charge is 2.25. The van der Waals surface area contributed by atoms with Crippen LogP contribution in [0.4, 0.5) is 8.78 Å². The van der Waals surface area contributed by atoms with Gasteiger partial charge in [0, 0.05) is 30.2 Å². The molecule has 1 fully saturated rings. The van der Waals surface area contributed by atoms with Crippen LogP contribution in [0.15, 0.2) is 30.3 Å². The van der Waals surface area contributed by atoms with Gasteiger partial charge in [-0.2, -0.15) is 8.78 Å². The van der Waals surface area contributed by atoms with Gasteiger partial charge in [-0.3, -0.25) is 4.79 Å². The molecule has 1 aromatic carbocycles. The van der Waals surface area contributed by atoms with Crippen molar-refractivity contribution in [3.8, 4) is 5.75 Å². The largest absolute Gasteiger partial charge is 0.434 e. The van der Waals surface area contributed by atoms with Crippen molar-refractivity contribution >= 4 is 12.0 Å². The van der Waals surface area contributed by atoms with Crippen molar-refractivity contribution in [2.24, 2.45) is 5.92 Å². The Labute approximate surface area is 134 Å². The number of hydrogen-bond donors (Lipinski definition) is 2. The first kappa shape index (κ1) is 17.4. The second kappa shape index (κ2) is 8.62. The van der Waals surface area contributed by atoms with Gasteiger partial charge in [-0.05, 0) is 25.0 Å². The Balaban J connectivity index is 1.98. The lowest BCUT2D eigenvalue weighted by Crippen LogP contribution is -2.42. The summed E-state index contributed by atoms with van der Waals surface area (Å²) < 4.78 is 29.1. The monoisotopic (exact) mass is 325 g/mol. The third-order valence-electron chi connectivity index (χ3n) is 4.02. The first-order valence-corrected chi connectivity index (χ1v) is 7.73. The number of carbonyl (C=O) groups is 1. The molecule has 1 aliphatic carbocycles. The normalized spacial score (nSPS) is 21.6. The molecule has 126 valence electrons. The van der Waals surface area contributed by atoms with E-state index in [0.717, 1.165) is 25.7 Å². The predicted octanol–water partition coefficient (Wildman–Crippen LogP) is 2.97. The van der Waals surface area contributed by atoms with Crippen LogP contribution < -0.4 is 10.1 Å². The lowest BCUT2D eigenvalue weighted by molar-refractivity contribution is -0.117. The molecule has 1 aromatic rings. The fraction of sp³-hybridized carbons (Fsp3) is 0.471. The van der Waals surface area contributed by atoms with Crippen molar-refractivity contribution in [1.29, 1.82) is 0 Å². The first-order valence-electron chi connectivity index (χ1n) is 7.73. The molecule has 23 heavy (non-hydrogen) atoms. The molecule has 4 nitrogen and oxygen atoms in total. The highest BCUT2D eigenvalue weighted by Crippen LogP contribution is 2.24. The van der Waals surface area contributed by atoms with E-state index < -0.39 is 6.61 Å². The number of benzene rings is 1. The summed E-state index contributed by atoms with van der Waals surface area (Å²) in [7, 11) is 0. The van der Waals surface area contributed by atoms with Crippen LogP contribution in [0.25, 0.3) is 6.08 Å². The molecule has 1 saturated carbocycles. The molecule has 0 heterocycles. The average molecular weight is 325 g/mol. The van der Waals surface area contributed by atoms with Crippen molar-refractivity contribution < 1.29 is 23.4 Å². The molecule has 0 bridgehead atoms. The van der Waals surface area contributed by atoms with Crippen LogP contribution in [-0.4, -0.2) is 30.3 Å². The molecular weight excluding hydrogens is 304 g/mol. The van der Waals surface area contributed by atoms with Gasteiger partial charge in [-0.15, -0.1) is 0 Å². The molecule has 2 N–H and O–H groups in total. The van der Waals surface area contributed by atoms with Gasteiger partial charge in [0.05, 0.1) is 0 Å². The van der Waals surface area contributed by atoms with E-state index in [4.69, 9.17) is 0 Å². The number of aliphatic hydroxyl groups excluding tert-OH is 1. The number of alkyl halides is 2. The van der Waals surface area contributed by atoms with E-state index in [-0.39, 0.29) is 30.2 Å². The number of halogens is 2. The van der Waals surface area contributed by atoms with E-state index in [1.54, 1.807) is 18.2 Å². The maximum Gasteiger partial charge on any atom is 0.387 e. The number of para-hydroxylation sites is 1. The number of ether oxygens (including phenoxy) is 1. The van der Waals surface area contributed by atoms with Crippen molar-refractivity contribution in [1.82, 2.24) is 5.32 Å². The van der Waals surface area contributed by atoms with Gasteiger partial charge < -0.3 is 15.2 Å². The Morgan fingerprint density at radius 3 is 2.83 bits per heavy atom. The lowest BCUT2D eigenvalue weighted by atomic mass is 9.85. The number of rotatable bonds is 6. The third-order valence-corrected chi connectivity index (χ3v) is 4.02. The SMILES string of the molecule is O=C(/C=C/c1ccccc1OC(F)F)NC1CCCCC1CO. The zero-order valence-electron chi connectivity index (χ0n) is 12.8. The van der Waals surface area contributed by atoms with E-state index in [9.17, 15) is 18.7 Å². The van der Waals surface area contributed by atoms with Gasteiger partial charge in [-0.1, -0.05) is 31.0 Å². The van der Waals surface area contributed by atoms with Gasteiger partial charge in [0.2, 0.25) is 5.91 Å². The van der Waals surface area contributed by atoms with Gasteiger partial charge in [0.1, 0.15) is 5.75 Å². The molecule has 0 radical (unpaired) electrons. The Bertz CT molecular complexity index is 548. The molecular formula is C17H21F2NO3. The lowest BCUT2D eigenvalue weighted by Gasteiger charge is -2.30. The Kier molecular flexibility index (Phi) is 6.52. The molecule has 2 rings (SSSR count). The van der Waals surface area contributed by atoms with E-state index in [0.29, 0.717) is 5.56 Å². The minimum atomic E-state index is -2.91. The predicted molar refractivity (Wildman–Crippen MR) is 83.1 cm³/mol. The molecule has 1 amide bonds. The highest BCUT2D eigenvalue weighted by molar-refractivity contribution is 5.92. The summed E-state index contributed by atoms with van der Waals surface area (Å²) in [5, 5.41) is 12.2. The number of hydrogen-bond acceptors (Lipinski definition) is 3. The number of carbonyl (C=O) groups excluding carboxylic acids is 1. The Morgan fingerprint density at radius 2 is 2.09 bits per heavy atom. The fourth-order valence-corrected chi connectivity index (χ4v) is 2.83. The fourth-order valence-electron chi connectivity index (χ4n) is 2.83. The van der Waals surface area contributed by atoms with Crippen molar-refractivity contribution in [3.05, 3.63) is 35.9 Å². The van der Waals surface area contributed by atoms with Gasteiger partial charge in [-0.25, -0.2) is 0 Å². The molecule has 0 aliphatic heterocycles. The standard InChI is InChI=1S/C17H21F2NO3/c18-17(19)23-15-8-4-2-5-12(15)9-10-16(22)20-14-7-3-1-6-13(14)11-21/h2,4-5,8-10,13-14,17,21H,1,3,6-7,11H2,(H,20,22)/b10-9+. The van der Waals surface area contributed by atoms with Crippen LogP contribution in [0.5, 0.6) is 5.75 Å². The smallest absolute Gasteiger partial charge is 0.387 e. The van der Waals surface area contributed by atoms with Crippen LogP contribution in [-0.2, 0) is 4.79 Å². The second-order valence-electron chi connectivity index (χ2n) is 5.59. The topological polar surface area (TPSA) is 58.6 Å². The minimum Gasteiger partial charge on any atom is -0.434 e. The molecule has 2 unspecified atom stereocenters. The zero-order chi connectivity index (χ0) is 16.7. The maximum absolute atomic E-state index is 12.3. The summed E-state index contributed by atoms with van der Waals surface area (Å²) in [5.74, 6) is -0.199. The third kappa shape index (κ3) is 5.32. The van der Waals surface area contributed by atoms with Crippen LogP contribution in [0.1, 0.15) is 31.2 Å². The highest BCUT2D eigenvalue weighted by atomic mass is 19.3. The van der Waals surface area contributed by atoms with Gasteiger partial charge >= 0.3 is 6.61 Å². The summed E-state index contributed by atoms with van der Waals surface area (Å²) in [6, 6.07) is 6.24. The van der Waals surface area contributed by atoms with Crippen molar-refractivity contribution in [3.63, 3.8) is 0 Å². The van der Waals surface area contributed by atoms with Gasteiger partial charge in [0.15, 0.2) is 0 Å². The second-order valence-corrected chi connectivity index (χ2v) is 5.59. The van der Waals surface area contributed by atoms with E-state index in [1.807, 2.05) is 0 Å². The Morgan fingerprint density at radius 1 is 1.35 bits per heavy atom. The van der Waals surface area contributed by atoms with Crippen molar-refractivity contribution in [2.75, 3.05) is 6.61 Å². The van der Waals surface area contributed by atoms with Crippen LogP contribution >= 0.6 is 0 Å². The van der Waals surface area contributed by atoms with Crippen LogP contribution in [0.3, 0.4) is 0 Å². The quantitative estimate of drug-likeness (QED) is 0.791.